The quantitative estimate of drug-likeness (QED) is 0.831. The molecule has 0 atom stereocenters. The second-order valence-electron chi connectivity index (χ2n) is 5.71. The molecular formula is C17H14N2O3S. The van der Waals surface area contributed by atoms with Gasteiger partial charge in [-0.2, -0.15) is 0 Å². The van der Waals surface area contributed by atoms with E-state index in [4.69, 9.17) is 5.11 Å². The number of carbonyl (C=O) groups is 2. The van der Waals surface area contributed by atoms with Crippen LogP contribution < -0.4 is 5.32 Å². The van der Waals surface area contributed by atoms with Crippen LogP contribution >= 0.6 is 11.3 Å². The molecule has 2 aliphatic rings. The number of fused-ring (bicyclic) bond motifs is 2. The van der Waals surface area contributed by atoms with E-state index in [9.17, 15) is 9.59 Å². The molecule has 1 aromatic heterocycles. The molecule has 1 aliphatic heterocycles. The standard InChI is InChI=1S/C17H14N2O3S/c20-16-11(8-15-18-13-3-1-2-4-14(13)23-15)10-7-9(17(21)22)5-6-12(10)19-16/h5-8H,1-4H2,(H,19,20)(H,21,22). The molecule has 0 unspecified atom stereocenters. The third kappa shape index (κ3) is 2.45. The van der Waals surface area contributed by atoms with Gasteiger partial charge in [0.15, 0.2) is 0 Å². The Bertz CT molecular complexity index is 843. The lowest BCUT2D eigenvalue weighted by Crippen LogP contribution is -2.03. The highest BCUT2D eigenvalue weighted by atomic mass is 32.1. The van der Waals surface area contributed by atoms with Gasteiger partial charge in [-0.15, -0.1) is 11.3 Å². The minimum Gasteiger partial charge on any atom is -0.478 e. The van der Waals surface area contributed by atoms with Gasteiger partial charge < -0.3 is 10.4 Å². The Hall–Kier alpha value is -2.47. The highest BCUT2D eigenvalue weighted by Crippen LogP contribution is 2.35. The number of anilines is 1. The van der Waals surface area contributed by atoms with Crippen molar-refractivity contribution in [3.63, 3.8) is 0 Å². The van der Waals surface area contributed by atoms with E-state index in [0.29, 0.717) is 16.8 Å². The molecule has 1 aromatic carbocycles. The first-order chi connectivity index (χ1) is 11.1. The largest absolute Gasteiger partial charge is 0.478 e. The Morgan fingerprint density at radius 3 is 2.91 bits per heavy atom. The van der Waals surface area contributed by atoms with Gasteiger partial charge in [-0.3, -0.25) is 4.79 Å². The van der Waals surface area contributed by atoms with Crippen molar-refractivity contribution in [2.24, 2.45) is 0 Å². The first kappa shape index (κ1) is 14.1. The zero-order valence-electron chi connectivity index (χ0n) is 12.3. The average Bonchev–Trinajstić information content (AvgIpc) is 3.08. The first-order valence-electron chi connectivity index (χ1n) is 7.51. The van der Waals surface area contributed by atoms with E-state index in [1.165, 1.54) is 23.4 Å². The van der Waals surface area contributed by atoms with Gasteiger partial charge in [0.2, 0.25) is 0 Å². The molecule has 23 heavy (non-hydrogen) atoms. The van der Waals surface area contributed by atoms with Crippen LogP contribution in [0.3, 0.4) is 0 Å². The number of carbonyl (C=O) groups excluding carboxylic acids is 1. The van der Waals surface area contributed by atoms with Crippen molar-refractivity contribution in [2.75, 3.05) is 5.32 Å². The van der Waals surface area contributed by atoms with Crippen LogP contribution in [-0.4, -0.2) is 22.0 Å². The zero-order valence-corrected chi connectivity index (χ0v) is 13.1. The number of rotatable bonds is 2. The van der Waals surface area contributed by atoms with Gasteiger partial charge in [-0.05, 0) is 50.0 Å². The molecule has 0 saturated carbocycles. The molecule has 1 amide bonds. The topological polar surface area (TPSA) is 79.3 Å². The Labute approximate surface area is 136 Å². The fourth-order valence-corrected chi connectivity index (χ4v) is 4.12. The van der Waals surface area contributed by atoms with Crippen molar-refractivity contribution in [1.29, 1.82) is 0 Å². The highest BCUT2D eigenvalue weighted by molar-refractivity contribution is 7.12. The summed E-state index contributed by atoms with van der Waals surface area (Å²) in [5.74, 6) is -1.22. The summed E-state index contributed by atoms with van der Waals surface area (Å²) in [4.78, 5) is 29.3. The van der Waals surface area contributed by atoms with Crippen LogP contribution in [0.2, 0.25) is 0 Å². The van der Waals surface area contributed by atoms with Crippen molar-refractivity contribution in [3.8, 4) is 0 Å². The summed E-state index contributed by atoms with van der Waals surface area (Å²) in [6, 6.07) is 4.66. The number of nitrogens with zero attached hydrogens (tertiary/aromatic N) is 1. The lowest BCUT2D eigenvalue weighted by molar-refractivity contribution is -0.110. The number of hydrogen-bond donors (Lipinski definition) is 2. The van der Waals surface area contributed by atoms with E-state index in [0.717, 1.165) is 30.0 Å². The van der Waals surface area contributed by atoms with Crippen LogP contribution in [0, 0.1) is 0 Å². The summed E-state index contributed by atoms with van der Waals surface area (Å²) in [5.41, 5.74) is 3.07. The number of nitrogens with one attached hydrogen (secondary N) is 1. The molecule has 2 N–H and O–H groups in total. The zero-order chi connectivity index (χ0) is 16.0. The lowest BCUT2D eigenvalue weighted by Gasteiger charge is -2.06. The van der Waals surface area contributed by atoms with Crippen molar-refractivity contribution < 1.29 is 14.7 Å². The van der Waals surface area contributed by atoms with Crippen LogP contribution in [0.4, 0.5) is 5.69 Å². The number of thiazole rings is 1. The molecule has 4 rings (SSSR count). The van der Waals surface area contributed by atoms with Crippen LogP contribution in [0.5, 0.6) is 0 Å². The molecule has 6 heteroatoms. The maximum atomic E-state index is 12.2. The van der Waals surface area contributed by atoms with E-state index in [2.05, 4.69) is 10.3 Å². The smallest absolute Gasteiger partial charge is 0.335 e. The third-order valence-corrected chi connectivity index (χ3v) is 5.28. The van der Waals surface area contributed by atoms with Crippen molar-refractivity contribution in [1.82, 2.24) is 4.98 Å². The minimum atomic E-state index is -1.00. The van der Waals surface area contributed by atoms with E-state index in [-0.39, 0.29) is 11.5 Å². The van der Waals surface area contributed by atoms with Gasteiger partial charge in [-0.25, -0.2) is 9.78 Å². The second-order valence-corrected chi connectivity index (χ2v) is 6.82. The SMILES string of the molecule is O=C1Nc2ccc(C(=O)O)cc2C1=Cc1nc2c(s1)CCCC2. The molecule has 1 aliphatic carbocycles. The van der Waals surface area contributed by atoms with Gasteiger partial charge >= 0.3 is 5.97 Å². The molecule has 0 fully saturated rings. The summed E-state index contributed by atoms with van der Waals surface area (Å²) < 4.78 is 0. The molecular weight excluding hydrogens is 312 g/mol. The summed E-state index contributed by atoms with van der Waals surface area (Å²) >= 11 is 1.63. The molecule has 0 spiro atoms. The van der Waals surface area contributed by atoms with Crippen LogP contribution in [0.25, 0.3) is 11.6 Å². The monoisotopic (exact) mass is 326 g/mol. The molecule has 0 saturated heterocycles. The highest BCUT2D eigenvalue weighted by Gasteiger charge is 2.26. The third-order valence-electron chi connectivity index (χ3n) is 4.18. The van der Waals surface area contributed by atoms with E-state index in [1.54, 1.807) is 23.5 Å². The average molecular weight is 326 g/mol. The van der Waals surface area contributed by atoms with E-state index < -0.39 is 5.97 Å². The normalized spacial score (nSPS) is 17.7. The van der Waals surface area contributed by atoms with Crippen LogP contribution in [0.1, 0.15) is 44.3 Å². The number of aryl methyl sites for hydroxylation is 2. The van der Waals surface area contributed by atoms with Gasteiger partial charge in [0.25, 0.3) is 5.91 Å². The Morgan fingerprint density at radius 1 is 1.30 bits per heavy atom. The number of hydrogen-bond acceptors (Lipinski definition) is 4. The fraction of sp³-hybridized carbons (Fsp3) is 0.235. The molecule has 0 radical (unpaired) electrons. The summed E-state index contributed by atoms with van der Waals surface area (Å²) in [6.07, 6.45) is 6.19. The number of carboxylic acid groups (broad SMARTS) is 1. The van der Waals surface area contributed by atoms with E-state index in [1.807, 2.05) is 0 Å². The molecule has 2 heterocycles. The van der Waals surface area contributed by atoms with Crippen LogP contribution in [0.15, 0.2) is 18.2 Å². The predicted molar refractivity (Wildman–Crippen MR) is 88.7 cm³/mol. The Balaban J connectivity index is 1.77. The maximum Gasteiger partial charge on any atom is 0.335 e. The lowest BCUT2D eigenvalue weighted by atomic mass is 10.0. The van der Waals surface area contributed by atoms with Crippen LogP contribution in [-0.2, 0) is 17.6 Å². The van der Waals surface area contributed by atoms with Gasteiger partial charge in [0.05, 0.1) is 16.8 Å². The summed E-state index contributed by atoms with van der Waals surface area (Å²) in [7, 11) is 0. The van der Waals surface area contributed by atoms with Gasteiger partial charge in [0.1, 0.15) is 5.01 Å². The van der Waals surface area contributed by atoms with Crippen molar-refractivity contribution >= 4 is 40.5 Å². The number of amides is 1. The van der Waals surface area contributed by atoms with Gasteiger partial charge in [0, 0.05) is 16.1 Å². The maximum absolute atomic E-state index is 12.2. The Morgan fingerprint density at radius 2 is 2.13 bits per heavy atom. The fourth-order valence-electron chi connectivity index (χ4n) is 3.02. The minimum absolute atomic E-state index is 0.171. The predicted octanol–water partition coefficient (Wildman–Crippen LogP) is 3.21. The second kappa shape index (κ2) is 5.31. The number of aromatic nitrogens is 1. The summed E-state index contributed by atoms with van der Waals surface area (Å²) in [5, 5.41) is 12.7. The molecule has 0 bridgehead atoms. The molecule has 116 valence electrons. The van der Waals surface area contributed by atoms with Gasteiger partial charge in [-0.1, -0.05) is 0 Å². The Kier molecular flexibility index (Phi) is 3.27. The van der Waals surface area contributed by atoms with E-state index >= 15 is 0 Å². The van der Waals surface area contributed by atoms with Crippen molar-refractivity contribution in [2.45, 2.75) is 25.7 Å². The molecule has 5 nitrogen and oxygen atoms in total. The number of carboxylic acids is 1. The molecule has 2 aromatic rings. The van der Waals surface area contributed by atoms with Crippen molar-refractivity contribution in [3.05, 3.63) is 44.9 Å². The number of benzene rings is 1. The first-order valence-corrected chi connectivity index (χ1v) is 8.33. The summed E-state index contributed by atoms with van der Waals surface area (Å²) in [6.45, 7) is 0. The number of aromatic carboxylic acids is 1.